The van der Waals surface area contributed by atoms with Gasteiger partial charge < -0.3 is 14.3 Å². The van der Waals surface area contributed by atoms with Crippen LogP contribution in [0.2, 0.25) is 0 Å². The zero-order valence-electron chi connectivity index (χ0n) is 17.2. The van der Waals surface area contributed by atoms with E-state index in [1.807, 2.05) is 69.3 Å². The van der Waals surface area contributed by atoms with Gasteiger partial charge in [0, 0.05) is 16.7 Å². The molecular formula is C23H23N3O3S. The Morgan fingerprint density at radius 3 is 2.47 bits per heavy atom. The molecule has 1 aromatic heterocycles. The Hall–Kier alpha value is -3.24. The van der Waals surface area contributed by atoms with E-state index in [4.69, 9.17) is 16.0 Å². The molecule has 0 N–H and O–H groups in total. The molecule has 7 heteroatoms. The van der Waals surface area contributed by atoms with Crippen LogP contribution in [0.5, 0.6) is 5.75 Å². The van der Waals surface area contributed by atoms with E-state index in [0.717, 1.165) is 21.8 Å². The summed E-state index contributed by atoms with van der Waals surface area (Å²) < 4.78 is 12.5. The molecule has 0 saturated heterocycles. The maximum absolute atomic E-state index is 12.1. The number of carbonyl (C=O) groups excluding carboxylic acids is 1. The molecule has 0 atom stereocenters. The van der Waals surface area contributed by atoms with Crippen molar-refractivity contribution in [2.45, 2.75) is 37.9 Å². The van der Waals surface area contributed by atoms with E-state index in [1.165, 1.54) is 22.7 Å². The topological polar surface area (TPSA) is 57.7 Å². The number of benzene rings is 2. The molecule has 0 saturated carbocycles. The van der Waals surface area contributed by atoms with Crippen LogP contribution in [0.25, 0.3) is 16.1 Å². The van der Waals surface area contributed by atoms with Crippen LogP contribution in [-0.4, -0.2) is 27.1 Å². The summed E-state index contributed by atoms with van der Waals surface area (Å²) in [7, 11) is 0. The van der Waals surface area contributed by atoms with Crippen molar-refractivity contribution in [1.82, 2.24) is 9.55 Å². The molecule has 30 heavy (non-hydrogen) atoms. The second kappa shape index (κ2) is 9.51. The molecule has 1 heterocycles. The monoisotopic (exact) mass is 421 g/mol. The van der Waals surface area contributed by atoms with E-state index in [-0.39, 0.29) is 0 Å². The third kappa shape index (κ3) is 6.13. The summed E-state index contributed by atoms with van der Waals surface area (Å²) in [6.45, 7) is 12.8. The Bertz CT molecular complexity index is 1030. The smallest absolute Gasteiger partial charge is 0.419 e. The lowest BCUT2D eigenvalue weighted by atomic mass is 10.1. The lowest BCUT2D eigenvalue weighted by molar-refractivity contribution is 0.0536. The molecule has 6 nitrogen and oxygen atoms in total. The highest BCUT2D eigenvalue weighted by Gasteiger charge is 2.18. The summed E-state index contributed by atoms with van der Waals surface area (Å²) in [5, 5.41) is 0. The van der Waals surface area contributed by atoms with Crippen molar-refractivity contribution in [2.75, 3.05) is 5.88 Å². The molecule has 0 amide bonds. The third-order valence-electron chi connectivity index (χ3n) is 3.96. The number of thioether (sulfide) groups is 1. The van der Waals surface area contributed by atoms with Gasteiger partial charge in [-0.2, -0.15) is 0 Å². The fraction of sp³-hybridized carbons (Fsp3) is 0.261. The van der Waals surface area contributed by atoms with Gasteiger partial charge in [-0.1, -0.05) is 12.1 Å². The number of carbonyl (C=O) groups is 1. The van der Waals surface area contributed by atoms with Gasteiger partial charge in [0.25, 0.3) is 5.88 Å². The summed E-state index contributed by atoms with van der Waals surface area (Å²) in [6, 6.07) is 15.6. The van der Waals surface area contributed by atoms with Crippen LogP contribution in [0, 0.1) is 6.57 Å². The molecule has 154 valence electrons. The van der Waals surface area contributed by atoms with E-state index in [2.05, 4.69) is 9.83 Å². The number of nitrogens with zero attached hydrogens (tertiary/aromatic N) is 3. The molecular weight excluding hydrogens is 398 g/mol. The number of aromatic nitrogens is 2. The molecule has 0 radical (unpaired) electrons. The molecule has 0 bridgehead atoms. The zero-order valence-corrected chi connectivity index (χ0v) is 18.0. The maximum atomic E-state index is 12.1. The first-order valence-electron chi connectivity index (χ1n) is 9.39. The summed E-state index contributed by atoms with van der Waals surface area (Å²) >= 11 is 1.52. The summed E-state index contributed by atoms with van der Waals surface area (Å²) in [6.07, 6.45) is 2.64. The minimum Gasteiger partial charge on any atom is -0.489 e. The largest absolute Gasteiger partial charge is 0.489 e. The first-order valence-corrected chi connectivity index (χ1v) is 10.4. The number of imidazole rings is 1. The van der Waals surface area contributed by atoms with Crippen LogP contribution in [0.4, 0.5) is 4.79 Å². The highest BCUT2D eigenvalue weighted by atomic mass is 32.2. The molecule has 0 spiro atoms. The first-order chi connectivity index (χ1) is 14.3. The van der Waals surface area contributed by atoms with Gasteiger partial charge in [0.15, 0.2) is 0 Å². The highest BCUT2D eigenvalue weighted by Crippen LogP contribution is 2.23. The number of hydrogen-bond donors (Lipinski definition) is 0. The predicted octanol–water partition coefficient (Wildman–Crippen LogP) is 5.88. The Morgan fingerprint density at radius 1 is 1.13 bits per heavy atom. The summed E-state index contributed by atoms with van der Waals surface area (Å²) in [5.41, 5.74) is 2.06. The average molecular weight is 422 g/mol. The fourth-order valence-electron chi connectivity index (χ4n) is 2.56. The second-order valence-corrected chi connectivity index (χ2v) is 8.55. The minimum atomic E-state index is -0.558. The summed E-state index contributed by atoms with van der Waals surface area (Å²) in [4.78, 5) is 20.8. The molecule has 0 aliphatic carbocycles. The van der Waals surface area contributed by atoms with Gasteiger partial charge in [-0.25, -0.2) is 20.9 Å². The van der Waals surface area contributed by atoms with Crippen LogP contribution in [0.15, 0.2) is 66.0 Å². The predicted molar refractivity (Wildman–Crippen MR) is 117 cm³/mol. The summed E-state index contributed by atoms with van der Waals surface area (Å²) in [5.74, 6) is 1.18. The zero-order chi connectivity index (χ0) is 21.6. The number of ether oxygens (including phenoxy) is 2. The molecule has 0 aliphatic rings. The van der Waals surface area contributed by atoms with Crippen LogP contribution in [0.3, 0.4) is 0 Å². The maximum Gasteiger partial charge on any atom is 0.419 e. The van der Waals surface area contributed by atoms with Crippen LogP contribution in [-0.2, 0) is 11.3 Å². The Balaban J connectivity index is 1.58. The van der Waals surface area contributed by atoms with Gasteiger partial charge in [-0.15, -0.1) is 0 Å². The molecule has 3 aromatic rings. The van der Waals surface area contributed by atoms with Crippen molar-refractivity contribution in [2.24, 2.45) is 0 Å². The Labute approximate surface area is 180 Å². The lowest BCUT2D eigenvalue weighted by Crippen LogP contribution is -2.26. The van der Waals surface area contributed by atoms with Crippen molar-refractivity contribution >= 4 is 17.9 Å². The van der Waals surface area contributed by atoms with Gasteiger partial charge >= 0.3 is 6.09 Å². The van der Waals surface area contributed by atoms with Crippen molar-refractivity contribution in [3.05, 3.63) is 78.0 Å². The molecule has 0 aliphatic heterocycles. The molecule has 3 rings (SSSR count). The van der Waals surface area contributed by atoms with Gasteiger partial charge in [-0.05, 0) is 74.5 Å². The minimum absolute atomic E-state index is 0.429. The van der Waals surface area contributed by atoms with Crippen LogP contribution >= 0.6 is 11.8 Å². The van der Waals surface area contributed by atoms with Crippen LogP contribution in [0.1, 0.15) is 26.3 Å². The SMILES string of the molecule is [C-]#[N+]CSc1ccc(COc2ccc(-c3cn(C(=O)OC(C)(C)C)cn3)cc2)cc1. The van der Waals surface area contributed by atoms with E-state index in [0.29, 0.717) is 18.2 Å². The van der Waals surface area contributed by atoms with E-state index in [9.17, 15) is 4.79 Å². The van der Waals surface area contributed by atoms with Gasteiger partial charge in [-0.3, -0.25) is 0 Å². The van der Waals surface area contributed by atoms with Crippen molar-refractivity contribution in [3.63, 3.8) is 0 Å². The number of hydrogen-bond acceptors (Lipinski definition) is 5. The van der Waals surface area contributed by atoms with Crippen LogP contribution < -0.4 is 4.74 Å². The molecule has 2 aromatic carbocycles. The highest BCUT2D eigenvalue weighted by molar-refractivity contribution is 7.99. The normalized spacial score (nSPS) is 11.0. The quantitative estimate of drug-likeness (QED) is 0.367. The lowest BCUT2D eigenvalue weighted by Gasteiger charge is -2.19. The second-order valence-electron chi connectivity index (χ2n) is 7.54. The standard InChI is InChI=1S/C23H23N3O3S/c1-23(2,3)29-22(27)26-13-21(25-15-26)18-7-9-19(10-8-18)28-14-17-5-11-20(12-6-17)30-16-24-4/h5-13,15H,14,16H2,1-3H3. The Morgan fingerprint density at radius 2 is 1.83 bits per heavy atom. The van der Waals surface area contributed by atoms with Crippen molar-refractivity contribution < 1.29 is 14.3 Å². The average Bonchev–Trinajstić information content (AvgIpc) is 3.21. The molecule has 0 unspecified atom stereocenters. The molecule has 0 fully saturated rings. The third-order valence-corrected chi connectivity index (χ3v) is 4.83. The number of rotatable bonds is 6. The van der Waals surface area contributed by atoms with E-state index in [1.54, 1.807) is 6.20 Å². The van der Waals surface area contributed by atoms with Crippen molar-refractivity contribution in [1.29, 1.82) is 0 Å². The van der Waals surface area contributed by atoms with Crippen molar-refractivity contribution in [3.8, 4) is 17.0 Å². The van der Waals surface area contributed by atoms with Gasteiger partial charge in [0.1, 0.15) is 24.3 Å². The first kappa shape index (κ1) is 21.5. The van der Waals surface area contributed by atoms with E-state index >= 15 is 0 Å². The fourth-order valence-corrected chi connectivity index (χ4v) is 3.11. The van der Waals surface area contributed by atoms with Gasteiger partial charge in [0.2, 0.25) is 0 Å². The van der Waals surface area contributed by atoms with Gasteiger partial charge in [0.05, 0.1) is 5.69 Å². The Kier molecular flexibility index (Phi) is 6.80. The van der Waals surface area contributed by atoms with E-state index < -0.39 is 11.7 Å².